The van der Waals surface area contributed by atoms with Gasteiger partial charge in [0.1, 0.15) is 5.75 Å². The van der Waals surface area contributed by atoms with Gasteiger partial charge in [-0.05, 0) is 12.1 Å². The Bertz CT molecular complexity index is 919. The van der Waals surface area contributed by atoms with Crippen LogP contribution in [0.25, 0.3) is 6.08 Å². The first-order chi connectivity index (χ1) is 12.8. The molecular weight excluding hydrogens is 360 g/mol. The number of ether oxygens (including phenoxy) is 2. The molecule has 0 atom stereocenters. The van der Waals surface area contributed by atoms with Crippen molar-refractivity contribution in [3.63, 3.8) is 0 Å². The van der Waals surface area contributed by atoms with Crippen LogP contribution < -0.4 is 4.74 Å². The van der Waals surface area contributed by atoms with Crippen molar-refractivity contribution >= 4 is 29.4 Å². The Kier molecular flexibility index (Phi) is 5.94. The average Bonchev–Trinajstić information content (AvgIpc) is 2.66. The number of carbonyl (C=O) groups is 2. The minimum atomic E-state index is -1.03. The lowest BCUT2D eigenvalue weighted by atomic mass is 10.1. The summed E-state index contributed by atoms with van der Waals surface area (Å²) in [5.41, 5.74) is -1.23. The fraction of sp³-hybridized carbons (Fsp3) is 0.0588. The Morgan fingerprint density at radius 3 is 2.15 bits per heavy atom. The Morgan fingerprint density at radius 1 is 1.00 bits per heavy atom. The summed E-state index contributed by atoms with van der Waals surface area (Å²) in [6.07, 6.45) is 2.47. The number of nitro benzene ring substituents is 2. The summed E-state index contributed by atoms with van der Waals surface area (Å²) in [5.74, 6) is -1.59. The molecule has 0 bridgehead atoms. The van der Waals surface area contributed by atoms with Crippen molar-refractivity contribution in [2.45, 2.75) is 0 Å². The van der Waals surface area contributed by atoms with Gasteiger partial charge in [0, 0.05) is 23.8 Å². The van der Waals surface area contributed by atoms with Gasteiger partial charge in [-0.2, -0.15) is 0 Å². The minimum Gasteiger partial charge on any atom is -0.466 e. The van der Waals surface area contributed by atoms with E-state index in [1.54, 1.807) is 18.2 Å². The molecule has 2 rings (SSSR count). The predicted molar refractivity (Wildman–Crippen MR) is 92.2 cm³/mol. The third kappa shape index (κ3) is 4.95. The third-order valence-electron chi connectivity index (χ3n) is 3.28. The van der Waals surface area contributed by atoms with Gasteiger partial charge in [0.15, 0.2) is 0 Å². The molecule has 10 heteroatoms. The molecule has 27 heavy (non-hydrogen) atoms. The van der Waals surface area contributed by atoms with Crippen LogP contribution in [0.1, 0.15) is 15.9 Å². The molecule has 0 aliphatic rings. The van der Waals surface area contributed by atoms with E-state index < -0.39 is 33.2 Å². The van der Waals surface area contributed by atoms with Gasteiger partial charge < -0.3 is 9.47 Å². The molecule has 0 saturated carbocycles. The van der Waals surface area contributed by atoms with Gasteiger partial charge in [-0.3, -0.25) is 20.2 Å². The molecule has 0 heterocycles. The molecule has 0 aromatic heterocycles. The summed E-state index contributed by atoms with van der Waals surface area (Å²) in [7, 11) is 1.20. The maximum absolute atomic E-state index is 12.3. The van der Waals surface area contributed by atoms with Gasteiger partial charge in [-0.15, -0.1) is 0 Å². The molecule has 10 nitrogen and oxygen atoms in total. The summed E-state index contributed by atoms with van der Waals surface area (Å²) < 4.78 is 9.65. The predicted octanol–water partition coefficient (Wildman–Crippen LogP) is 2.91. The minimum absolute atomic E-state index is 0.0526. The van der Waals surface area contributed by atoms with Crippen LogP contribution in [0, 0.1) is 20.2 Å². The summed E-state index contributed by atoms with van der Waals surface area (Å²) in [6.45, 7) is 0. The Hall–Kier alpha value is -4.08. The molecule has 2 aromatic carbocycles. The van der Waals surface area contributed by atoms with E-state index in [0.717, 1.165) is 24.3 Å². The molecule has 0 fully saturated rings. The van der Waals surface area contributed by atoms with E-state index in [2.05, 4.69) is 4.74 Å². The molecular formula is C17H12N2O8. The molecule has 0 aliphatic heterocycles. The van der Waals surface area contributed by atoms with Crippen LogP contribution >= 0.6 is 0 Å². The monoisotopic (exact) mass is 372 g/mol. The zero-order valence-corrected chi connectivity index (χ0v) is 13.9. The van der Waals surface area contributed by atoms with Crippen molar-refractivity contribution in [2.24, 2.45) is 0 Å². The number of carbonyl (C=O) groups excluding carboxylic acids is 2. The Morgan fingerprint density at radius 2 is 1.59 bits per heavy atom. The zero-order valence-electron chi connectivity index (χ0n) is 13.9. The molecule has 0 N–H and O–H groups in total. The second-order valence-electron chi connectivity index (χ2n) is 5.04. The van der Waals surface area contributed by atoms with Gasteiger partial charge in [0.2, 0.25) is 0 Å². The largest absolute Gasteiger partial charge is 0.466 e. The molecule has 0 aliphatic carbocycles. The van der Waals surface area contributed by atoms with E-state index in [-0.39, 0.29) is 11.3 Å². The van der Waals surface area contributed by atoms with Crippen LogP contribution in [-0.2, 0) is 9.53 Å². The molecule has 2 aromatic rings. The van der Waals surface area contributed by atoms with Crippen LogP contribution in [-0.4, -0.2) is 28.9 Å². The van der Waals surface area contributed by atoms with Crippen LogP contribution in [0.2, 0.25) is 0 Å². The van der Waals surface area contributed by atoms with Crippen molar-refractivity contribution in [1.82, 2.24) is 0 Å². The number of methoxy groups -OCH3 is 1. The SMILES string of the molecule is COC(=O)/C=C\c1ccccc1OC(=O)c1cc([N+](=O)[O-])cc([N+](=O)[O-])c1. The summed E-state index contributed by atoms with van der Waals surface area (Å²) in [5, 5.41) is 21.8. The van der Waals surface area contributed by atoms with E-state index >= 15 is 0 Å². The van der Waals surface area contributed by atoms with Crippen LogP contribution in [0.5, 0.6) is 5.75 Å². The van der Waals surface area contributed by atoms with Gasteiger partial charge in [0.25, 0.3) is 11.4 Å². The molecule has 0 amide bonds. The number of nitro groups is 2. The maximum atomic E-state index is 12.3. The number of para-hydroxylation sites is 1. The topological polar surface area (TPSA) is 139 Å². The highest BCUT2D eigenvalue weighted by Gasteiger charge is 2.21. The van der Waals surface area contributed by atoms with E-state index in [1.807, 2.05) is 0 Å². The second kappa shape index (κ2) is 8.34. The third-order valence-corrected chi connectivity index (χ3v) is 3.28. The first-order valence-corrected chi connectivity index (χ1v) is 7.33. The van der Waals surface area contributed by atoms with E-state index in [1.165, 1.54) is 19.3 Å². The fourth-order valence-corrected chi connectivity index (χ4v) is 2.02. The summed E-state index contributed by atoms with van der Waals surface area (Å²) in [4.78, 5) is 43.7. The highest BCUT2D eigenvalue weighted by atomic mass is 16.6. The zero-order chi connectivity index (χ0) is 20.0. The van der Waals surface area contributed by atoms with E-state index in [9.17, 15) is 29.8 Å². The lowest BCUT2D eigenvalue weighted by molar-refractivity contribution is -0.394. The molecule has 0 unspecified atom stereocenters. The molecule has 0 radical (unpaired) electrons. The van der Waals surface area contributed by atoms with Gasteiger partial charge in [-0.1, -0.05) is 18.2 Å². The smallest absolute Gasteiger partial charge is 0.344 e. The number of non-ortho nitro benzene ring substituents is 2. The van der Waals surface area contributed by atoms with E-state index in [4.69, 9.17) is 4.74 Å². The first kappa shape index (κ1) is 19.2. The quantitative estimate of drug-likeness (QED) is 0.248. The lowest BCUT2D eigenvalue weighted by Gasteiger charge is -2.07. The van der Waals surface area contributed by atoms with Crippen LogP contribution in [0.4, 0.5) is 11.4 Å². The maximum Gasteiger partial charge on any atom is 0.344 e. The summed E-state index contributed by atoms with van der Waals surface area (Å²) >= 11 is 0. The van der Waals surface area contributed by atoms with E-state index in [0.29, 0.717) is 5.56 Å². The Labute approximate surface area is 151 Å². The number of rotatable bonds is 6. The number of benzene rings is 2. The van der Waals surface area contributed by atoms with Gasteiger partial charge >= 0.3 is 11.9 Å². The van der Waals surface area contributed by atoms with Crippen molar-refractivity contribution in [3.8, 4) is 5.75 Å². The van der Waals surface area contributed by atoms with Crippen molar-refractivity contribution in [3.05, 3.63) is 79.9 Å². The highest BCUT2D eigenvalue weighted by Crippen LogP contribution is 2.25. The molecule has 0 spiro atoms. The first-order valence-electron chi connectivity index (χ1n) is 7.33. The molecule has 138 valence electrons. The lowest BCUT2D eigenvalue weighted by Crippen LogP contribution is -2.10. The molecule has 0 saturated heterocycles. The van der Waals surface area contributed by atoms with Crippen molar-refractivity contribution in [2.75, 3.05) is 7.11 Å². The highest BCUT2D eigenvalue weighted by molar-refractivity contribution is 5.93. The second-order valence-corrected chi connectivity index (χ2v) is 5.04. The fourth-order valence-electron chi connectivity index (χ4n) is 2.02. The normalized spacial score (nSPS) is 10.4. The van der Waals surface area contributed by atoms with Gasteiger partial charge in [-0.25, -0.2) is 9.59 Å². The number of hydrogen-bond acceptors (Lipinski definition) is 8. The summed E-state index contributed by atoms with van der Waals surface area (Å²) in [6, 6.07) is 8.67. The van der Waals surface area contributed by atoms with Crippen LogP contribution in [0.3, 0.4) is 0 Å². The standard InChI is InChI=1S/C17H12N2O8/c1-26-16(20)7-6-11-4-2-3-5-15(11)27-17(21)12-8-13(18(22)23)10-14(9-12)19(24)25/h2-10H,1H3/b7-6-. The Balaban J connectivity index is 2.35. The number of hydrogen-bond donors (Lipinski definition) is 0. The average molecular weight is 372 g/mol. The van der Waals surface area contributed by atoms with Crippen molar-refractivity contribution in [1.29, 1.82) is 0 Å². The van der Waals surface area contributed by atoms with Crippen LogP contribution in [0.15, 0.2) is 48.5 Å². The number of esters is 2. The van der Waals surface area contributed by atoms with Gasteiger partial charge in [0.05, 0.1) is 28.6 Å². The number of nitrogens with zero attached hydrogens (tertiary/aromatic N) is 2. The van der Waals surface area contributed by atoms with Crippen molar-refractivity contribution < 1.29 is 28.9 Å².